The van der Waals surface area contributed by atoms with E-state index in [9.17, 15) is 38.9 Å². The number of nitro benzene ring substituents is 1. The van der Waals surface area contributed by atoms with Gasteiger partial charge in [-0.25, -0.2) is 14.6 Å². The molecule has 412 valence electrons. The summed E-state index contributed by atoms with van der Waals surface area (Å²) >= 11 is 0. The first-order valence-electron chi connectivity index (χ1n) is 26.6. The first-order chi connectivity index (χ1) is 37.9. The number of hydrogen-bond donors (Lipinski definition) is 1. The number of benzene rings is 4. The Bertz CT molecular complexity index is 2700. The van der Waals surface area contributed by atoms with E-state index in [0.717, 1.165) is 63.5 Å². The molecule has 0 atom stereocenters. The SMILES string of the molecule is C=CC(=O)OCCCCCCOc1ccc(OC(=O)C2CCC(C(=O)Oc3ccc(OC(=O)C4CCC(C(=O)Oc5ccc(OCCCCCCOC(=O)C=C)cc5)CC4)c4[nH]c(-c5ccc([N+](=O)[O-])cc5)nc34)CC2)cc1. The quantitative estimate of drug-likeness (QED) is 0.0122. The van der Waals surface area contributed by atoms with Crippen LogP contribution in [0.25, 0.3) is 22.4 Å². The number of fused-ring (bicyclic) bond motifs is 1. The average Bonchev–Trinajstić information content (AvgIpc) is 3.99. The molecule has 7 rings (SSSR count). The van der Waals surface area contributed by atoms with E-state index in [4.69, 9.17) is 42.9 Å². The molecule has 1 aromatic heterocycles. The number of nitrogens with one attached hydrogen (secondary N) is 1. The Balaban J connectivity index is 0.876. The van der Waals surface area contributed by atoms with Crippen molar-refractivity contribution in [2.75, 3.05) is 26.4 Å². The predicted octanol–water partition coefficient (Wildman–Crippen LogP) is 11.1. The third kappa shape index (κ3) is 17.1. The number of nitro groups is 1. The van der Waals surface area contributed by atoms with E-state index in [1.807, 2.05) is 0 Å². The van der Waals surface area contributed by atoms with Gasteiger partial charge in [0.25, 0.3) is 5.69 Å². The van der Waals surface area contributed by atoms with Gasteiger partial charge in [0.2, 0.25) is 0 Å². The molecule has 0 saturated heterocycles. The molecule has 2 aliphatic rings. The highest BCUT2D eigenvalue weighted by molar-refractivity contribution is 5.94. The highest BCUT2D eigenvalue weighted by Gasteiger charge is 2.35. The van der Waals surface area contributed by atoms with Gasteiger partial charge in [0, 0.05) is 29.8 Å². The van der Waals surface area contributed by atoms with Gasteiger partial charge in [0.1, 0.15) is 39.9 Å². The van der Waals surface area contributed by atoms with Gasteiger partial charge in [-0.15, -0.1) is 0 Å². The number of aromatic amines is 1. The van der Waals surface area contributed by atoms with Gasteiger partial charge >= 0.3 is 35.8 Å². The van der Waals surface area contributed by atoms with Crippen LogP contribution in [-0.4, -0.2) is 77.1 Å². The van der Waals surface area contributed by atoms with Crippen molar-refractivity contribution in [1.29, 1.82) is 0 Å². The fraction of sp³-hybridized carbons (Fsp3) is 0.407. The van der Waals surface area contributed by atoms with Gasteiger partial charge in [-0.2, -0.15) is 0 Å². The van der Waals surface area contributed by atoms with Crippen LogP contribution in [0, 0.1) is 33.8 Å². The minimum Gasteiger partial charge on any atom is -0.494 e. The van der Waals surface area contributed by atoms with Gasteiger partial charge < -0.3 is 42.9 Å². The summed E-state index contributed by atoms with van der Waals surface area (Å²) in [6.45, 7) is 8.50. The lowest BCUT2D eigenvalue weighted by atomic mass is 9.82. The number of carbonyl (C=O) groups excluding carboxylic acids is 6. The number of H-pyrrole nitrogens is 1. The molecular formula is C59H65N3O16. The first-order valence-corrected chi connectivity index (χ1v) is 26.6. The zero-order chi connectivity index (χ0) is 55.2. The zero-order valence-corrected chi connectivity index (χ0v) is 43.5. The molecule has 2 fully saturated rings. The van der Waals surface area contributed by atoms with Crippen molar-refractivity contribution in [2.45, 2.75) is 103 Å². The lowest BCUT2D eigenvalue weighted by molar-refractivity contribution is -0.384. The Hall–Kier alpha value is -8.35. The normalized spacial score (nSPS) is 16.9. The van der Waals surface area contributed by atoms with E-state index in [2.05, 4.69) is 18.1 Å². The first kappa shape index (κ1) is 57.4. The molecule has 4 aromatic carbocycles. The molecule has 19 nitrogen and oxygen atoms in total. The number of rotatable bonds is 28. The van der Waals surface area contributed by atoms with Gasteiger partial charge in [0.05, 0.1) is 55.0 Å². The Morgan fingerprint density at radius 1 is 0.500 bits per heavy atom. The van der Waals surface area contributed by atoms with E-state index < -0.39 is 52.5 Å². The van der Waals surface area contributed by atoms with Gasteiger partial charge in [-0.05, 0) is 176 Å². The number of esters is 6. The lowest BCUT2D eigenvalue weighted by Crippen LogP contribution is -2.30. The zero-order valence-electron chi connectivity index (χ0n) is 43.5. The molecule has 0 amide bonds. The van der Waals surface area contributed by atoms with Gasteiger partial charge in [-0.1, -0.05) is 13.2 Å². The molecule has 0 radical (unpaired) electrons. The Kier molecular flexibility index (Phi) is 21.5. The molecule has 2 saturated carbocycles. The monoisotopic (exact) mass is 1070 g/mol. The fourth-order valence-corrected chi connectivity index (χ4v) is 9.17. The maximum atomic E-state index is 13.7. The van der Waals surface area contributed by atoms with E-state index in [1.54, 1.807) is 48.5 Å². The second-order valence-electron chi connectivity index (χ2n) is 19.2. The fourth-order valence-electron chi connectivity index (χ4n) is 9.17. The van der Waals surface area contributed by atoms with Crippen LogP contribution in [-0.2, 0) is 38.2 Å². The summed E-state index contributed by atoms with van der Waals surface area (Å²) in [5.41, 5.74) is 0.834. The van der Waals surface area contributed by atoms with E-state index in [-0.39, 0.29) is 46.0 Å². The van der Waals surface area contributed by atoms with Crippen molar-refractivity contribution in [2.24, 2.45) is 23.7 Å². The second kappa shape index (κ2) is 29.2. The van der Waals surface area contributed by atoms with Crippen molar-refractivity contribution in [1.82, 2.24) is 9.97 Å². The average molecular weight is 1070 g/mol. The number of ether oxygens (including phenoxy) is 8. The number of non-ortho nitro benzene ring substituents is 1. The van der Waals surface area contributed by atoms with Crippen molar-refractivity contribution in [3.05, 3.63) is 120 Å². The molecule has 0 spiro atoms. The number of nitrogens with zero attached hydrogens (tertiary/aromatic N) is 2. The summed E-state index contributed by atoms with van der Waals surface area (Å²) in [6.07, 6.45) is 12.3. The Morgan fingerprint density at radius 3 is 1.28 bits per heavy atom. The van der Waals surface area contributed by atoms with Crippen molar-refractivity contribution >= 4 is 52.5 Å². The molecule has 5 aromatic rings. The number of carbonyl (C=O) groups is 6. The molecule has 0 unspecified atom stereocenters. The summed E-state index contributed by atoms with van der Waals surface area (Å²) in [6, 6.07) is 22.4. The van der Waals surface area contributed by atoms with Crippen LogP contribution < -0.4 is 28.4 Å². The molecule has 78 heavy (non-hydrogen) atoms. The summed E-state index contributed by atoms with van der Waals surface area (Å²) in [4.78, 5) is 94.8. The standard InChI is InChI=1S/C59H65N3O16/c1-3-51(63)73-37-11-7-5-9-35-71-45-25-29-47(30-26-45)75-56(65)40-13-17-42(18-14-40)58(67)77-49-33-34-50(54-53(49)60-55(61-54)39-21-23-44(24-22-39)62(69)70)78-59(68)43-19-15-41(16-20-43)57(66)76-48-31-27-46(28-32-48)72-36-10-6-8-12-38-74-52(64)4-2/h3-4,21-34,40-43H,1-2,5-20,35-38H2,(H,60,61). The molecule has 2 aliphatic carbocycles. The predicted molar refractivity (Wildman–Crippen MR) is 285 cm³/mol. The second-order valence-corrected chi connectivity index (χ2v) is 19.2. The van der Waals surface area contributed by atoms with Crippen LogP contribution in [0.5, 0.6) is 34.5 Å². The highest BCUT2D eigenvalue weighted by Crippen LogP contribution is 2.38. The van der Waals surface area contributed by atoms with Gasteiger partial charge in [-0.3, -0.25) is 29.3 Å². The topological polar surface area (TPSA) is 248 Å². The molecule has 1 heterocycles. The summed E-state index contributed by atoms with van der Waals surface area (Å²) in [5.74, 6) is -1.95. The maximum Gasteiger partial charge on any atom is 0.330 e. The van der Waals surface area contributed by atoms with Gasteiger partial charge in [0.15, 0.2) is 11.5 Å². The van der Waals surface area contributed by atoms with Crippen LogP contribution in [0.4, 0.5) is 5.69 Å². The summed E-state index contributed by atoms with van der Waals surface area (Å²) in [7, 11) is 0. The largest absolute Gasteiger partial charge is 0.494 e. The van der Waals surface area contributed by atoms with E-state index in [1.165, 1.54) is 36.4 Å². The number of unbranched alkanes of at least 4 members (excludes halogenated alkanes) is 6. The summed E-state index contributed by atoms with van der Waals surface area (Å²) < 4.78 is 44.9. The molecule has 1 N–H and O–H groups in total. The maximum absolute atomic E-state index is 13.7. The lowest BCUT2D eigenvalue weighted by Gasteiger charge is -2.26. The van der Waals surface area contributed by atoms with Crippen LogP contribution in [0.2, 0.25) is 0 Å². The van der Waals surface area contributed by atoms with Crippen molar-refractivity contribution < 1.29 is 71.6 Å². The Morgan fingerprint density at radius 2 is 0.872 bits per heavy atom. The number of aromatic nitrogens is 2. The van der Waals surface area contributed by atoms with Crippen LogP contribution in [0.3, 0.4) is 0 Å². The smallest absolute Gasteiger partial charge is 0.330 e. The number of imidazole rings is 1. The van der Waals surface area contributed by atoms with Crippen molar-refractivity contribution in [3.8, 4) is 45.9 Å². The molecule has 19 heteroatoms. The minimum atomic E-state index is -0.518. The Labute approximate surface area is 451 Å². The van der Waals surface area contributed by atoms with Crippen LogP contribution in [0.15, 0.2) is 110 Å². The molecule has 0 aliphatic heterocycles. The van der Waals surface area contributed by atoms with Crippen LogP contribution >= 0.6 is 0 Å². The minimum absolute atomic E-state index is 0.104. The third-order valence-corrected chi connectivity index (χ3v) is 13.7. The third-order valence-electron chi connectivity index (χ3n) is 13.7. The van der Waals surface area contributed by atoms with Crippen LogP contribution in [0.1, 0.15) is 103 Å². The van der Waals surface area contributed by atoms with Crippen molar-refractivity contribution in [3.63, 3.8) is 0 Å². The molecular weight excluding hydrogens is 1010 g/mol. The highest BCUT2D eigenvalue weighted by atomic mass is 16.6. The van der Waals surface area contributed by atoms with E-state index >= 15 is 0 Å². The molecule has 0 bridgehead atoms. The number of hydrogen-bond acceptors (Lipinski definition) is 17. The summed E-state index contributed by atoms with van der Waals surface area (Å²) in [5, 5.41) is 11.4. The van der Waals surface area contributed by atoms with E-state index in [0.29, 0.717) is 106 Å².